The van der Waals surface area contributed by atoms with E-state index < -0.39 is 11.4 Å². The van der Waals surface area contributed by atoms with E-state index in [1.165, 1.54) is 11.5 Å². The molecule has 0 bridgehead atoms. The second-order valence-corrected chi connectivity index (χ2v) is 7.63. The van der Waals surface area contributed by atoms with E-state index in [9.17, 15) is 9.90 Å². The van der Waals surface area contributed by atoms with Crippen molar-refractivity contribution in [2.45, 2.75) is 56.5 Å². The van der Waals surface area contributed by atoms with Gasteiger partial charge in [0.05, 0.1) is 5.41 Å². The first-order valence-corrected chi connectivity index (χ1v) is 9.44. The van der Waals surface area contributed by atoms with Gasteiger partial charge in [-0.25, -0.2) is 0 Å². The molecular weight excluding hydrogens is 296 g/mol. The fourth-order valence-corrected chi connectivity index (χ4v) is 4.68. The molecule has 0 unspecified atom stereocenters. The quantitative estimate of drug-likeness (QED) is 0.901. The maximum Gasteiger partial charge on any atom is 0.314 e. The molecule has 1 N–H and O–H groups in total. The van der Waals surface area contributed by atoms with Crippen molar-refractivity contribution in [1.82, 2.24) is 0 Å². The van der Waals surface area contributed by atoms with Crippen molar-refractivity contribution in [3.63, 3.8) is 0 Å². The standard InChI is InChI=1S/C18H24O3S/c19-17(20)18(10-2-1-3-11-18)14-4-6-15(7-5-14)21-16-8-12-22-13-9-16/h4-7,16H,1-3,8-13H2,(H,19,20). The Kier molecular flexibility index (Phi) is 4.97. The zero-order chi connectivity index (χ0) is 15.4. The van der Waals surface area contributed by atoms with Crippen LogP contribution >= 0.6 is 11.8 Å². The van der Waals surface area contributed by atoms with Gasteiger partial charge >= 0.3 is 5.97 Å². The molecule has 22 heavy (non-hydrogen) atoms. The molecule has 0 spiro atoms. The molecule has 1 heterocycles. The number of hydrogen-bond acceptors (Lipinski definition) is 3. The van der Waals surface area contributed by atoms with Crippen molar-refractivity contribution < 1.29 is 14.6 Å². The van der Waals surface area contributed by atoms with Gasteiger partial charge in [0.15, 0.2) is 0 Å². The molecule has 0 atom stereocenters. The second kappa shape index (κ2) is 6.95. The van der Waals surface area contributed by atoms with Crippen molar-refractivity contribution in [1.29, 1.82) is 0 Å². The SMILES string of the molecule is O=C(O)C1(c2ccc(OC3CCSCC3)cc2)CCCCC1. The summed E-state index contributed by atoms with van der Waals surface area (Å²) >= 11 is 1.99. The number of rotatable bonds is 4. The Morgan fingerprint density at radius 2 is 1.73 bits per heavy atom. The smallest absolute Gasteiger partial charge is 0.314 e. The summed E-state index contributed by atoms with van der Waals surface area (Å²) < 4.78 is 6.03. The Bertz CT molecular complexity index is 500. The third-order valence-corrected chi connectivity index (χ3v) is 6.04. The minimum absolute atomic E-state index is 0.315. The number of thioether (sulfide) groups is 1. The van der Waals surface area contributed by atoms with Gasteiger partial charge in [-0.1, -0.05) is 31.4 Å². The molecule has 1 saturated heterocycles. The van der Waals surface area contributed by atoms with Crippen LogP contribution in [0.2, 0.25) is 0 Å². The van der Waals surface area contributed by atoms with E-state index in [2.05, 4.69) is 0 Å². The molecular formula is C18H24O3S. The Morgan fingerprint density at radius 3 is 2.32 bits per heavy atom. The molecule has 4 heteroatoms. The highest BCUT2D eigenvalue weighted by molar-refractivity contribution is 7.99. The number of hydrogen-bond donors (Lipinski definition) is 1. The predicted molar refractivity (Wildman–Crippen MR) is 89.8 cm³/mol. The molecule has 2 aliphatic rings. The lowest BCUT2D eigenvalue weighted by Crippen LogP contribution is -2.37. The van der Waals surface area contributed by atoms with Gasteiger partial charge in [0.2, 0.25) is 0 Å². The van der Waals surface area contributed by atoms with Crippen molar-refractivity contribution in [2.24, 2.45) is 0 Å². The lowest BCUT2D eigenvalue weighted by atomic mass is 9.69. The maximum absolute atomic E-state index is 11.8. The summed E-state index contributed by atoms with van der Waals surface area (Å²) in [6.07, 6.45) is 7.18. The number of carboxylic acid groups (broad SMARTS) is 1. The molecule has 1 aromatic carbocycles. The van der Waals surface area contributed by atoms with Gasteiger partial charge in [-0.2, -0.15) is 11.8 Å². The van der Waals surface area contributed by atoms with Crippen LogP contribution < -0.4 is 4.74 Å². The van der Waals surface area contributed by atoms with Gasteiger partial charge in [0, 0.05) is 0 Å². The summed E-state index contributed by atoms with van der Waals surface area (Å²) in [5, 5.41) is 9.74. The molecule has 3 nitrogen and oxygen atoms in total. The van der Waals surface area contributed by atoms with Crippen molar-refractivity contribution in [2.75, 3.05) is 11.5 Å². The third kappa shape index (κ3) is 3.27. The second-order valence-electron chi connectivity index (χ2n) is 6.40. The molecule has 1 aliphatic heterocycles. The van der Waals surface area contributed by atoms with Gasteiger partial charge in [0.1, 0.15) is 11.9 Å². The summed E-state index contributed by atoms with van der Waals surface area (Å²) in [5.74, 6) is 2.54. The van der Waals surface area contributed by atoms with E-state index in [1.54, 1.807) is 0 Å². The van der Waals surface area contributed by atoms with Crippen LogP contribution in [0.15, 0.2) is 24.3 Å². The Labute approximate surface area is 136 Å². The number of carboxylic acids is 1. The molecule has 1 aromatic rings. The van der Waals surface area contributed by atoms with Crippen LogP contribution in [0.1, 0.15) is 50.5 Å². The van der Waals surface area contributed by atoms with Crippen molar-refractivity contribution in [3.05, 3.63) is 29.8 Å². The first-order valence-electron chi connectivity index (χ1n) is 8.29. The zero-order valence-electron chi connectivity index (χ0n) is 12.9. The van der Waals surface area contributed by atoms with E-state index >= 15 is 0 Å². The van der Waals surface area contributed by atoms with Crippen molar-refractivity contribution >= 4 is 17.7 Å². The first kappa shape index (κ1) is 15.7. The average Bonchev–Trinajstić information content (AvgIpc) is 2.57. The minimum atomic E-state index is -0.682. The number of ether oxygens (including phenoxy) is 1. The molecule has 0 aromatic heterocycles. The number of carbonyl (C=O) groups is 1. The Hall–Kier alpha value is -1.16. The molecule has 1 saturated carbocycles. The summed E-state index contributed by atoms with van der Waals surface area (Å²) in [7, 11) is 0. The molecule has 1 aliphatic carbocycles. The van der Waals surface area contributed by atoms with E-state index in [0.29, 0.717) is 6.10 Å². The molecule has 0 radical (unpaired) electrons. The van der Waals surface area contributed by atoms with Crippen LogP contribution in [-0.2, 0) is 10.2 Å². The molecule has 0 amide bonds. The van der Waals surface area contributed by atoms with E-state index in [0.717, 1.165) is 56.3 Å². The van der Waals surface area contributed by atoms with Crippen LogP contribution in [0.3, 0.4) is 0 Å². The van der Waals surface area contributed by atoms with Gasteiger partial charge in [-0.3, -0.25) is 4.79 Å². The van der Waals surface area contributed by atoms with Gasteiger partial charge in [-0.15, -0.1) is 0 Å². The van der Waals surface area contributed by atoms with Crippen molar-refractivity contribution in [3.8, 4) is 5.75 Å². The van der Waals surface area contributed by atoms with Gasteiger partial charge in [-0.05, 0) is 54.9 Å². The normalized spacial score (nSPS) is 22.2. The lowest BCUT2D eigenvalue weighted by Gasteiger charge is -2.33. The Balaban J connectivity index is 1.73. The summed E-state index contributed by atoms with van der Waals surface area (Å²) in [6.45, 7) is 0. The fraction of sp³-hybridized carbons (Fsp3) is 0.611. The van der Waals surface area contributed by atoms with Crippen LogP contribution in [0.4, 0.5) is 0 Å². The topological polar surface area (TPSA) is 46.5 Å². The average molecular weight is 320 g/mol. The molecule has 2 fully saturated rings. The van der Waals surface area contributed by atoms with E-state index in [-0.39, 0.29) is 0 Å². The van der Waals surface area contributed by atoms with E-state index in [4.69, 9.17) is 4.74 Å². The summed E-state index contributed by atoms with van der Waals surface area (Å²) in [4.78, 5) is 11.8. The van der Waals surface area contributed by atoms with Crippen LogP contribution in [0.25, 0.3) is 0 Å². The first-order chi connectivity index (χ1) is 10.7. The molecule has 120 valence electrons. The molecule has 3 rings (SSSR count). The fourth-order valence-electron chi connectivity index (χ4n) is 3.62. The highest BCUT2D eigenvalue weighted by Crippen LogP contribution is 2.40. The minimum Gasteiger partial charge on any atom is -0.490 e. The maximum atomic E-state index is 11.8. The van der Waals surface area contributed by atoms with E-state index in [1.807, 2.05) is 36.0 Å². The predicted octanol–water partition coefficient (Wildman–Crippen LogP) is 4.25. The highest BCUT2D eigenvalue weighted by Gasteiger charge is 2.41. The number of aliphatic carboxylic acids is 1. The van der Waals surface area contributed by atoms with Crippen LogP contribution in [-0.4, -0.2) is 28.7 Å². The monoisotopic (exact) mass is 320 g/mol. The number of benzene rings is 1. The lowest BCUT2D eigenvalue weighted by molar-refractivity contribution is -0.145. The summed E-state index contributed by atoms with van der Waals surface area (Å²) in [6, 6.07) is 7.84. The largest absolute Gasteiger partial charge is 0.490 e. The van der Waals surface area contributed by atoms with Crippen LogP contribution in [0, 0.1) is 0 Å². The highest BCUT2D eigenvalue weighted by atomic mass is 32.2. The van der Waals surface area contributed by atoms with Gasteiger partial charge < -0.3 is 9.84 Å². The van der Waals surface area contributed by atoms with Gasteiger partial charge in [0.25, 0.3) is 0 Å². The summed E-state index contributed by atoms with van der Waals surface area (Å²) in [5.41, 5.74) is 0.254. The Morgan fingerprint density at radius 1 is 1.09 bits per heavy atom. The zero-order valence-corrected chi connectivity index (χ0v) is 13.7. The third-order valence-electron chi connectivity index (χ3n) is 4.99. The van der Waals surface area contributed by atoms with Crippen LogP contribution in [0.5, 0.6) is 5.75 Å².